The van der Waals surface area contributed by atoms with Gasteiger partial charge in [0.1, 0.15) is 5.75 Å². The molecule has 2 aromatic rings. The van der Waals surface area contributed by atoms with Crippen LogP contribution >= 0.6 is 15.9 Å². The zero-order chi connectivity index (χ0) is 18.2. The second kappa shape index (κ2) is 6.61. The van der Waals surface area contributed by atoms with E-state index in [1.807, 2.05) is 13.0 Å². The molecule has 1 N–H and O–H groups in total. The number of ether oxygens (including phenoxy) is 1. The third-order valence-electron chi connectivity index (χ3n) is 4.43. The van der Waals surface area contributed by atoms with E-state index in [0.717, 1.165) is 4.47 Å². The van der Waals surface area contributed by atoms with E-state index in [1.54, 1.807) is 36.4 Å². The van der Waals surface area contributed by atoms with Crippen LogP contribution in [-0.2, 0) is 10.4 Å². The van der Waals surface area contributed by atoms with Gasteiger partial charge in [-0.25, -0.2) is 0 Å². The number of anilines is 1. The number of likely N-dealkylation sites (N-methyl/N-ethyl adjacent to an activating group) is 1. The molecule has 0 bridgehead atoms. The molecule has 0 aliphatic carbocycles. The number of Topliss-reactive ketones (excluding diaryl/α,β-unsaturated/α-hetero) is 1. The van der Waals surface area contributed by atoms with Crippen molar-refractivity contribution in [2.24, 2.45) is 0 Å². The van der Waals surface area contributed by atoms with Gasteiger partial charge in [0.2, 0.25) is 0 Å². The molecule has 0 aromatic heterocycles. The predicted molar refractivity (Wildman–Crippen MR) is 98.0 cm³/mol. The Morgan fingerprint density at radius 3 is 2.68 bits per heavy atom. The van der Waals surface area contributed by atoms with Crippen LogP contribution in [0.1, 0.15) is 29.3 Å². The van der Waals surface area contributed by atoms with Crippen LogP contribution in [0, 0.1) is 0 Å². The van der Waals surface area contributed by atoms with Crippen molar-refractivity contribution in [3.8, 4) is 5.75 Å². The van der Waals surface area contributed by atoms with Crippen LogP contribution in [0.3, 0.4) is 0 Å². The van der Waals surface area contributed by atoms with Gasteiger partial charge in [0.15, 0.2) is 11.4 Å². The third-order valence-corrected chi connectivity index (χ3v) is 4.93. The molecule has 25 heavy (non-hydrogen) atoms. The molecule has 130 valence electrons. The summed E-state index contributed by atoms with van der Waals surface area (Å²) in [5.41, 5.74) is -0.465. The second-order valence-electron chi connectivity index (χ2n) is 5.87. The monoisotopic (exact) mass is 403 g/mol. The summed E-state index contributed by atoms with van der Waals surface area (Å²) in [6.45, 7) is 2.25. The lowest BCUT2D eigenvalue weighted by Crippen LogP contribution is -2.41. The third kappa shape index (κ3) is 2.85. The quantitative estimate of drug-likeness (QED) is 0.777. The predicted octanol–water partition coefficient (Wildman–Crippen LogP) is 3.28. The highest BCUT2D eigenvalue weighted by atomic mass is 79.9. The Balaban J connectivity index is 2.03. The maximum absolute atomic E-state index is 12.8. The topological polar surface area (TPSA) is 66.8 Å². The highest BCUT2D eigenvalue weighted by Crippen LogP contribution is 2.44. The molecule has 0 fully saturated rings. The van der Waals surface area contributed by atoms with Gasteiger partial charge >= 0.3 is 0 Å². The first kappa shape index (κ1) is 17.6. The number of carbonyl (C=O) groups excluding carboxylic acids is 2. The van der Waals surface area contributed by atoms with Crippen molar-refractivity contribution in [3.63, 3.8) is 0 Å². The van der Waals surface area contributed by atoms with Gasteiger partial charge in [-0.1, -0.05) is 28.1 Å². The van der Waals surface area contributed by atoms with Crippen LogP contribution in [-0.4, -0.2) is 30.5 Å². The van der Waals surface area contributed by atoms with Gasteiger partial charge in [-0.15, -0.1) is 0 Å². The SMILES string of the molecule is CCN1C(=O)[C@@](O)(CC(=O)c2ccccc2OC)c2cc(Br)ccc21. The van der Waals surface area contributed by atoms with Crippen LogP contribution in [0.2, 0.25) is 0 Å². The molecular formula is C19H18BrNO4. The summed E-state index contributed by atoms with van der Waals surface area (Å²) in [7, 11) is 1.48. The van der Waals surface area contributed by atoms with E-state index in [2.05, 4.69) is 15.9 Å². The molecule has 1 atom stereocenters. The lowest BCUT2D eigenvalue weighted by atomic mass is 9.88. The Bertz CT molecular complexity index is 851. The molecule has 1 heterocycles. The van der Waals surface area contributed by atoms with Gasteiger partial charge < -0.3 is 14.7 Å². The van der Waals surface area contributed by atoms with Crippen molar-refractivity contribution in [2.75, 3.05) is 18.6 Å². The molecular weight excluding hydrogens is 386 g/mol. The molecule has 3 rings (SSSR count). The number of para-hydroxylation sites is 1. The van der Waals surface area contributed by atoms with E-state index in [0.29, 0.717) is 29.1 Å². The number of hydrogen-bond acceptors (Lipinski definition) is 4. The molecule has 0 radical (unpaired) electrons. The van der Waals surface area contributed by atoms with Crippen LogP contribution < -0.4 is 9.64 Å². The van der Waals surface area contributed by atoms with Crippen molar-refractivity contribution in [1.29, 1.82) is 0 Å². The standard InChI is InChI=1S/C19H18BrNO4/c1-3-21-15-9-8-12(20)10-14(15)19(24,18(21)23)11-16(22)13-6-4-5-7-17(13)25-2/h4-10,24H,3,11H2,1-2H3/t19-/m1/s1. The van der Waals surface area contributed by atoms with E-state index < -0.39 is 11.5 Å². The highest BCUT2D eigenvalue weighted by molar-refractivity contribution is 9.10. The number of nitrogens with zero attached hydrogens (tertiary/aromatic N) is 1. The van der Waals surface area contributed by atoms with Gasteiger partial charge in [0.05, 0.1) is 24.8 Å². The first-order valence-corrected chi connectivity index (χ1v) is 8.72. The van der Waals surface area contributed by atoms with E-state index in [-0.39, 0.29) is 12.2 Å². The first-order valence-electron chi connectivity index (χ1n) is 7.93. The number of hydrogen-bond donors (Lipinski definition) is 1. The van der Waals surface area contributed by atoms with Gasteiger partial charge in [0, 0.05) is 16.6 Å². The van der Waals surface area contributed by atoms with E-state index in [4.69, 9.17) is 4.74 Å². The number of ketones is 1. The summed E-state index contributed by atoms with van der Waals surface area (Å²) in [5.74, 6) is -0.410. The Hall–Kier alpha value is -2.18. The number of benzene rings is 2. The lowest BCUT2D eigenvalue weighted by Gasteiger charge is -2.22. The Labute approximate surface area is 154 Å². The van der Waals surface area contributed by atoms with Crippen molar-refractivity contribution < 1.29 is 19.4 Å². The first-order chi connectivity index (χ1) is 11.9. The molecule has 5 nitrogen and oxygen atoms in total. The summed E-state index contributed by atoms with van der Waals surface area (Å²) >= 11 is 3.37. The number of aliphatic hydroxyl groups is 1. The molecule has 0 spiro atoms. The Morgan fingerprint density at radius 1 is 1.28 bits per heavy atom. The van der Waals surface area contributed by atoms with Crippen LogP contribution in [0.5, 0.6) is 5.75 Å². The Morgan fingerprint density at radius 2 is 2.00 bits per heavy atom. The molecule has 0 saturated carbocycles. The lowest BCUT2D eigenvalue weighted by molar-refractivity contribution is -0.135. The largest absolute Gasteiger partial charge is 0.496 e. The summed E-state index contributed by atoms with van der Waals surface area (Å²) in [6, 6.07) is 12.1. The zero-order valence-electron chi connectivity index (χ0n) is 14.0. The summed E-state index contributed by atoms with van der Waals surface area (Å²) < 4.78 is 5.95. The number of fused-ring (bicyclic) bond motifs is 1. The minimum absolute atomic E-state index is 0.341. The van der Waals surface area contributed by atoms with E-state index >= 15 is 0 Å². The fraction of sp³-hybridized carbons (Fsp3) is 0.263. The number of amides is 1. The fourth-order valence-electron chi connectivity index (χ4n) is 3.21. The van der Waals surface area contributed by atoms with E-state index in [9.17, 15) is 14.7 Å². The minimum atomic E-state index is -1.88. The maximum Gasteiger partial charge on any atom is 0.264 e. The normalized spacial score (nSPS) is 19.0. The van der Waals surface area contributed by atoms with Crippen molar-refractivity contribution in [3.05, 3.63) is 58.1 Å². The molecule has 0 unspecified atom stereocenters. The van der Waals surface area contributed by atoms with Crippen LogP contribution in [0.15, 0.2) is 46.9 Å². The molecule has 1 aliphatic heterocycles. The maximum atomic E-state index is 12.8. The van der Waals surface area contributed by atoms with Gasteiger partial charge in [-0.3, -0.25) is 9.59 Å². The number of carbonyl (C=O) groups is 2. The molecule has 0 saturated heterocycles. The Kier molecular flexibility index (Phi) is 4.67. The fourth-order valence-corrected chi connectivity index (χ4v) is 3.57. The van der Waals surface area contributed by atoms with Crippen molar-refractivity contribution >= 4 is 33.3 Å². The number of halogens is 1. The molecule has 1 amide bonds. The average Bonchev–Trinajstić information content (AvgIpc) is 2.82. The van der Waals surface area contributed by atoms with E-state index in [1.165, 1.54) is 12.0 Å². The molecule has 1 aliphatic rings. The van der Waals surface area contributed by atoms with Gasteiger partial charge in [-0.2, -0.15) is 0 Å². The van der Waals surface area contributed by atoms with Crippen molar-refractivity contribution in [2.45, 2.75) is 18.9 Å². The average molecular weight is 404 g/mol. The van der Waals surface area contributed by atoms with Crippen LogP contribution in [0.25, 0.3) is 0 Å². The van der Waals surface area contributed by atoms with Crippen molar-refractivity contribution in [1.82, 2.24) is 0 Å². The summed E-state index contributed by atoms with van der Waals surface area (Å²) in [5, 5.41) is 11.2. The van der Waals surface area contributed by atoms with Crippen LogP contribution in [0.4, 0.5) is 5.69 Å². The highest BCUT2D eigenvalue weighted by Gasteiger charge is 2.50. The molecule has 2 aromatic carbocycles. The number of methoxy groups -OCH3 is 1. The summed E-state index contributed by atoms with van der Waals surface area (Å²) in [6.07, 6.45) is -0.341. The van der Waals surface area contributed by atoms with Gasteiger partial charge in [-0.05, 0) is 37.3 Å². The number of rotatable bonds is 5. The zero-order valence-corrected chi connectivity index (χ0v) is 15.5. The molecule has 6 heteroatoms. The summed E-state index contributed by atoms with van der Waals surface area (Å²) in [4.78, 5) is 27.1. The second-order valence-corrected chi connectivity index (χ2v) is 6.79. The smallest absolute Gasteiger partial charge is 0.264 e. The minimum Gasteiger partial charge on any atom is -0.496 e. The van der Waals surface area contributed by atoms with Gasteiger partial charge in [0.25, 0.3) is 5.91 Å².